The Morgan fingerprint density at radius 3 is 2.36 bits per heavy atom. The van der Waals surface area contributed by atoms with Crippen LogP contribution in [0.15, 0.2) is 23.6 Å². The number of nitrogens with one attached hydrogen (secondary N) is 1. The van der Waals surface area contributed by atoms with Crippen molar-refractivity contribution in [2.75, 3.05) is 32.9 Å². The molecule has 12 nitrogen and oxygen atoms in total. The number of phenols is 1. The van der Waals surface area contributed by atoms with Gasteiger partial charge in [-0.15, -0.1) is 11.3 Å². The number of nitrogen functional groups attached to an aromatic ring is 1. The zero-order chi connectivity index (χ0) is 37.3. The van der Waals surface area contributed by atoms with Crippen molar-refractivity contribution in [2.24, 2.45) is 29.6 Å². The summed E-state index contributed by atoms with van der Waals surface area (Å²) in [6.07, 6.45) is 2.84. The minimum absolute atomic E-state index is 0.0470. The molecule has 278 valence electrons. The minimum atomic E-state index is -0.986. The van der Waals surface area contributed by atoms with Crippen LogP contribution in [-0.4, -0.2) is 88.0 Å². The standard InChI is InChI=1S/C37H57N5O7S/c1-9-22(4)33(26-12-14-41(7)15-13-26)36(46)42(8)30(21(2)3)19-32(49-24(6)43)35-40-29(20-50-35)34(45)39-27(16-23(5)37(47)48)17-25-10-11-31(44)28(38)18-25/h10-11,18,20-23,26-27,30,32-33,44H,9,12-17,19,38H2,1-8H3,(H,39,45)(H,47,48)/t22-,23?,27+,30+,32+,33-/m0/s1. The van der Waals surface area contributed by atoms with Crippen LogP contribution in [0.5, 0.6) is 5.75 Å². The van der Waals surface area contributed by atoms with Crippen LogP contribution in [-0.2, 0) is 25.5 Å². The largest absolute Gasteiger partial charge is 0.506 e. The number of aliphatic carboxylic acids is 1. The van der Waals surface area contributed by atoms with Gasteiger partial charge in [-0.05, 0) is 81.3 Å². The molecule has 1 fully saturated rings. The van der Waals surface area contributed by atoms with Gasteiger partial charge in [0.2, 0.25) is 5.91 Å². The van der Waals surface area contributed by atoms with Gasteiger partial charge in [0.15, 0.2) is 6.10 Å². The smallest absolute Gasteiger partial charge is 0.306 e. The van der Waals surface area contributed by atoms with Gasteiger partial charge in [-0.1, -0.05) is 47.1 Å². The molecule has 2 heterocycles. The maximum absolute atomic E-state index is 14.3. The lowest BCUT2D eigenvalue weighted by molar-refractivity contribution is -0.149. The Hall–Kier alpha value is -3.71. The second-order valence-corrected chi connectivity index (χ2v) is 15.3. The molecule has 3 rings (SSSR count). The van der Waals surface area contributed by atoms with Crippen LogP contribution < -0.4 is 11.1 Å². The summed E-state index contributed by atoms with van der Waals surface area (Å²) in [6.45, 7) is 13.2. The summed E-state index contributed by atoms with van der Waals surface area (Å²) in [6, 6.07) is 3.90. The van der Waals surface area contributed by atoms with Crippen molar-refractivity contribution >= 4 is 40.8 Å². The van der Waals surface area contributed by atoms with E-state index >= 15 is 0 Å². The molecule has 1 aromatic heterocycles. The van der Waals surface area contributed by atoms with E-state index in [1.807, 2.05) is 25.8 Å². The number of aromatic nitrogens is 1. The number of phenolic OH excluding ortho intramolecular Hbond substituents is 1. The zero-order valence-corrected chi connectivity index (χ0v) is 31.7. The van der Waals surface area contributed by atoms with Gasteiger partial charge in [0, 0.05) is 43.8 Å². The first kappa shape index (κ1) is 40.7. The number of amides is 2. The number of carboxylic acids is 1. The van der Waals surface area contributed by atoms with Gasteiger partial charge in [-0.3, -0.25) is 19.2 Å². The first-order chi connectivity index (χ1) is 23.5. The Morgan fingerprint density at radius 2 is 1.80 bits per heavy atom. The number of likely N-dealkylation sites (tertiary alicyclic amines) is 1. The number of esters is 1. The third-order valence-corrected chi connectivity index (χ3v) is 11.1. The van der Waals surface area contributed by atoms with Gasteiger partial charge in [-0.2, -0.15) is 0 Å². The average Bonchev–Trinajstić information content (AvgIpc) is 3.55. The van der Waals surface area contributed by atoms with E-state index in [4.69, 9.17) is 10.5 Å². The van der Waals surface area contributed by atoms with Gasteiger partial charge in [-0.25, -0.2) is 4.98 Å². The van der Waals surface area contributed by atoms with Gasteiger partial charge in [0.05, 0.1) is 11.6 Å². The first-order valence-electron chi connectivity index (χ1n) is 17.7. The summed E-state index contributed by atoms with van der Waals surface area (Å²) < 4.78 is 5.79. The lowest BCUT2D eigenvalue weighted by Crippen LogP contribution is -2.49. The Morgan fingerprint density at radius 1 is 1.14 bits per heavy atom. The molecule has 0 bridgehead atoms. The molecular weight excluding hydrogens is 659 g/mol. The van der Waals surface area contributed by atoms with E-state index in [1.54, 1.807) is 24.4 Å². The van der Waals surface area contributed by atoms with Gasteiger partial charge in [0.25, 0.3) is 5.91 Å². The average molecular weight is 716 g/mol. The highest BCUT2D eigenvalue weighted by atomic mass is 32.1. The van der Waals surface area contributed by atoms with Crippen molar-refractivity contribution in [3.63, 3.8) is 0 Å². The Balaban J connectivity index is 1.83. The summed E-state index contributed by atoms with van der Waals surface area (Å²) in [5.41, 5.74) is 6.89. The van der Waals surface area contributed by atoms with Crippen molar-refractivity contribution in [2.45, 2.75) is 98.3 Å². The number of rotatable bonds is 17. The number of aromatic hydroxyl groups is 1. The molecule has 1 aliphatic heterocycles. The zero-order valence-electron chi connectivity index (χ0n) is 30.8. The van der Waals surface area contributed by atoms with Crippen molar-refractivity contribution in [1.29, 1.82) is 0 Å². The summed E-state index contributed by atoms with van der Waals surface area (Å²) in [5.74, 6) is -2.17. The fourth-order valence-electron chi connectivity index (χ4n) is 6.98. The number of nitrogens with two attached hydrogens (primary N) is 1. The number of benzene rings is 1. The van der Waals surface area contributed by atoms with Gasteiger partial charge in [0.1, 0.15) is 16.5 Å². The first-order valence-corrected chi connectivity index (χ1v) is 18.6. The lowest BCUT2D eigenvalue weighted by atomic mass is 9.75. The number of carbonyl (C=O) groups excluding carboxylic acids is 3. The molecule has 5 N–H and O–H groups in total. The van der Waals surface area contributed by atoms with E-state index < -0.39 is 35.9 Å². The highest BCUT2D eigenvalue weighted by Crippen LogP contribution is 2.36. The summed E-state index contributed by atoms with van der Waals surface area (Å²) in [5, 5.41) is 24.3. The number of hydrogen-bond donors (Lipinski definition) is 4. The molecule has 1 unspecified atom stereocenters. The van der Waals surface area contributed by atoms with Crippen LogP contribution in [0.1, 0.15) is 101 Å². The van der Waals surface area contributed by atoms with Gasteiger partial charge < -0.3 is 35.8 Å². The van der Waals surface area contributed by atoms with Crippen molar-refractivity contribution in [3.8, 4) is 5.75 Å². The molecule has 1 aromatic carbocycles. The predicted molar refractivity (Wildman–Crippen MR) is 195 cm³/mol. The number of nitrogens with zero attached hydrogens (tertiary/aromatic N) is 3. The van der Waals surface area contributed by atoms with E-state index in [0.717, 1.165) is 37.9 Å². The van der Waals surface area contributed by atoms with Crippen LogP contribution in [0.3, 0.4) is 0 Å². The van der Waals surface area contributed by atoms with Crippen LogP contribution in [0.4, 0.5) is 5.69 Å². The second kappa shape index (κ2) is 18.5. The molecule has 0 spiro atoms. The molecule has 0 aliphatic carbocycles. The van der Waals surface area contributed by atoms with Gasteiger partial charge >= 0.3 is 11.9 Å². The number of piperidine rings is 1. The number of carbonyl (C=O) groups is 4. The lowest BCUT2D eigenvalue weighted by Gasteiger charge is -2.41. The van der Waals surface area contributed by atoms with Crippen molar-refractivity contribution < 1.29 is 34.1 Å². The minimum Gasteiger partial charge on any atom is -0.506 e. The maximum Gasteiger partial charge on any atom is 0.306 e. The number of thiazole rings is 1. The highest BCUT2D eigenvalue weighted by Gasteiger charge is 2.39. The summed E-state index contributed by atoms with van der Waals surface area (Å²) in [4.78, 5) is 60.5. The molecule has 0 radical (unpaired) electrons. The fraction of sp³-hybridized carbons (Fsp3) is 0.649. The molecule has 0 saturated carbocycles. The normalized spacial score (nSPS) is 17.7. The quantitative estimate of drug-likeness (QED) is 0.0948. The van der Waals surface area contributed by atoms with Crippen molar-refractivity contribution in [1.82, 2.24) is 20.1 Å². The Bertz CT molecular complexity index is 1460. The molecule has 50 heavy (non-hydrogen) atoms. The molecule has 2 aromatic rings. The number of hydrogen-bond acceptors (Lipinski definition) is 10. The van der Waals surface area contributed by atoms with E-state index in [9.17, 15) is 29.4 Å². The molecular formula is C37H57N5O7S. The topological polar surface area (TPSA) is 175 Å². The van der Waals surface area contributed by atoms with Crippen LogP contribution in [0.25, 0.3) is 0 Å². The third kappa shape index (κ3) is 11.1. The van der Waals surface area contributed by atoms with Crippen molar-refractivity contribution in [3.05, 3.63) is 39.8 Å². The molecule has 2 amide bonds. The van der Waals surface area contributed by atoms with Crippen LogP contribution in [0.2, 0.25) is 0 Å². The maximum atomic E-state index is 14.3. The molecule has 13 heteroatoms. The Labute approximate surface area is 300 Å². The highest BCUT2D eigenvalue weighted by molar-refractivity contribution is 7.09. The fourth-order valence-corrected chi connectivity index (χ4v) is 7.82. The van der Waals surface area contributed by atoms with Crippen LogP contribution in [0, 0.1) is 29.6 Å². The summed E-state index contributed by atoms with van der Waals surface area (Å²) >= 11 is 1.20. The monoisotopic (exact) mass is 715 g/mol. The number of ether oxygens (including phenoxy) is 1. The van der Waals surface area contributed by atoms with E-state index in [0.29, 0.717) is 17.3 Å². The van der Waals surface area contributed by atoms with E-state index in [1.165, 1.54) is 24.3 Å². The summed E-state index contributed by atoms with van der Waals surface area (Å²) in [7, 11) is 3.97. The molecule has 1 aliphatic rings. The van der Waals surface area contributed by atoms with Crippen LogP contribution >= 0.6 is 11.3 Å². The van der Waals surface area contributed by atoms with E-state index in [2.05, 4.69) is 36.1 Å². The number of anilines is 1. The van der Waals surface area contributed by atoms with E-state index in [-0.39, 0.29) is 59.7 Å². The predicted octanol–water partition coefficient (Wildman–Crippen LogP) is 5.36. The number of carboxylic acid groups (broad SMARTS) is 1. The Kier molecular flexibility index (Phi) is 15.1. The SMILES string of the molecule is CC[C@H](C)[C@H](C(=O)N(C)[C@H](C[C@@H](OC(C)=O)c1nc(C(=O)N[C@@H](Cc2ccc(O)c(N)c2)CC(C)C(=O)O)cs1)C(C)C)C1CCN(C)CC1. The molecule has 1 saturated heterocycles. The molecule has 6 atom stereocenters. The second-order valence-electron chi connectivity index (χ2n) is 14.5. The third-order valence-electron chi connectivity index (χ3n) is 10.2.